The van der Waals surface area contributed by atoms with Gasteiger partial charge in [-0.2, -0.15) is 0 Å². The summed E-state index contributed by atoms with van der Waals surface area (Å²) in [6.07, 6.45) is 4.23. The standard InChI is InChI=1S/C7H9FN2O/c1-7(11,5-8)6-4-9-2-3-10-6/h2-4,11H,5H2,1H3. The predicted molar refractivity (Wildman–Crippen MR) is 37.6 cm³/mol. The van der Waals surface area contributed by atoms with Crippen molar-refractivity contribution in [1.82, 2.24) is 9.97 Å². The minimum absolute atomic E-state index is 0.252. The van der Waals surface area contributed by atoms with Crippen molar-refractivity contribution >= 4 is 0 Å². The zero-order valence-electron chi connectivity index (χ0n) is 6.16. The van der Waals surface area contributed by atoms with Crippen LogP contribution in [0.15, 0.2) is 18.6 Å². The van der Waals surface area contributed by atoms with Gasteiger partial charge < -0.3 is 5.11 Å². The zero-order chi connectivity index (χ0) is 8.32. The lowest BCUT2D eigenvalue weighted by atomic mass is 10.1. The van der Waals surface area contributed by atoms with E-state index in [1.807, 2.05) is 0 Å². The number of hydrogen-bond donors (Lipinski definition) is 1. The van der Waals surface area contributed by atoms with Crippen molar-refractivity contribution in [3.05, 3.63) is 24.3 Å². The molecule has 0 aliphatic carbocycles. The molecular weight excluding hydrogens is 147 g/mol. The van der Waals surface area contributed by atoms with Gasteiger partial charge in [0.15, 0.2) is 0 Å². The summed E-state index contributed by atoms with van der Waals surface area (Å²) in [5, 5.41) is 9.32. The first kappa shape index (κ1) is 8.07. The van der Waals surface area contributed by atoms with Gasteiger partial charge >= 0.3 is 0 Å². The molecule has 1 atom stereocenters. The molecule has 3 nitrogen and oxygen atoms in total. The van der Waals surface area contributed by atoms with E-state index in [2.05, 4.69) is 9.97 Å². The minimum Gasteiger partial charge on any atom is -0.381 e. The Balaban J connectivity index is 2.93. The van der Waals surface area contributed by atoms with Gasteiger partial charge in [0.25, 0.3) is 0 Å². The number of halogens is 1. The third kappa shape index (κ3) is 1.71. The van der Waals surface area contributed by atoms with Crippen molar-refractivity contribution in [1.29, 1.82) is 0 Å². The van der Waals surface area contributed by atoms with Crippen LogP contribution in [0.2, 0.25) is 0 Å². The second kappa shape index (κ2) is 2.92. The van der Waals surface area contributed by atoms with Crippen molar-refractivity contribution in [2.75, 3.05) is 6.67 Å². The molecule has 60 valence electrons. The van der Waals surface area contributed by atoms with Gasteiger partial charge in [-0.1, -0.05) is 0 Å². The molecule has 0 spiro atoms. The highest BCUT2D eigenvalue weighted by molar-refractivity contribution is 5.05. The zero-order valence-corrected chi connectivity index (χ0v) is 6.16. The van der Waals surface area contributed by atoms with Crippen molar-refractivity contribution in [3.63, 3.8) is 0 Å². The average molecular weight is 156 g/mol. The van der Waals surface area contributed by atoms with Crippen LogP contribution in [0.1, 0.15) is 12.6 Å². The quantitative estimate of drug-likeness (QED) is 0.684. The first-order chi connectivity index (χ1) is 5.17. The Morgan fingerprint density at radius 1 is 1.64 bits per heavy atom. The van der Waals surface area contributed by atoms with Gasteiger partial charge in [-0.3, -0.25) is 9.97 Å². The highest BCUT2D eigenvalue weighted by atomic mass is 19.1. The van der Waals surface area contributed by atoms with Gasteiger partial charge in [-0.05, 0) is 6.92 Å². The Hall–Kier alpha value is -1.03. The summed E-state index contributed by atoms with van der Waals surface area (Å²) in [7, 11) is 0. The van der Waals surface area contributed by atoms with E-state index in [4.69, 9.17) is 0 Å². The van der Waals surface area contributed by atoms with Crippen LogP contribution in [-0.2, 0) is 5.60 Å². The summed E-state index contributed by atoms with van der Waals surface area (Å²) in [5.74, 6) is 0. The third-order valence-corrected chi connectivity index (χ3v) is 1.38. The van der Waals surface area contributed by atoms with Crippen LogP contribution in [0.4, 0.5) is 4.39 Å². The van der Waals surface area contributed by atoms with Crippen molar-refractivity contribution in [2.24, 2.45) is 0 Å². The fourth-order valence-corrected chi connectivity index (χ4v) is 0.646. The number of aromatic nitrogens is 2. The fourth-order valence-electron chi connectivity index (χ4n) is 0.646. The molecule has 0 aliphatic heterocycles. The Bertz CT molecular complexity index is 225. The van der Waals surface area contributed by atoms with E-state index >= 15 is 0 Å². The molecule has 0 aromatic carbocycles. The Kier molecular flexibility index (Phi) is 2.14. The molecule has 1 N–H and O–H groups in total. The first-order valence-electron chi connectivity index (χ1n) is 3.21. The predicted octanol–water partition coefficient (Wildman–Crippen LogP) is 0.654. The molecule has 1 heterocycles. The van der Waals surface area contributed by atoms with Crippen molar-refractivity contribution in [3.8, 4) is 0 Å². The summed E-state index contributed by atoms with van der Waals surface area (Å²) in [4.78, 5) is 7.48. The summed E-state index contributed by atoms with van der Waals surface area (Å²) in [5.41, 5.74) is -1.25. The van der Waals surface area contributed by atoms with Crippen LogP contribution < -0.4 is 0 Å². The molecule has 1 unspecified atom stereocenters. The molecule has 4 heteroatoms. The van der Waals surface area contributed by atoms with Crippen LogP contribution in [0.5, 0.6) is 0 Å². The van der Waals surface area contributed by atoms with Gasteiger partial charge in [0.1, 0.15) is 12.3 Å². The van der Waals surface area contributed by atoms with Crippen LogP contribution in [0, 0.1) is 0 Å². The maximum Gasteiger partial charge on any atom is 0.133 e. The Morgan fingerprint density at radius 2 is 2.36 bits per heavy atom. The van der Waals surface area contributed by atoms with Gasteiger partial charge in [0, 0.05) is 12.4 Å². The molecule has 1 aromatic heterocycles. The summed E-state index contributed by atoms with van der Waals surface area (Å²) in [6.45, 7) is 0.503. The van der Waals surface area contributed by atoms with Crippen LogP contribution in [0.25, 0.3) is 0 Å². The molecule has 0 bridgehead atoms. The monoisotopic (exact) mass is 156 g/mol. The maximum absolute atomic E-state index is 12.1. The lowest BCUT2D eigenvalue weighted by molar-refractivity contribution is 0.0255. The molecule has 0 saturated heterocycles. The minimum atomic E-state index is -1.51. The Labute approximate surface area is 63.9 Å². The number of hydrogen-bond acceptors (Lipinski definition) is 3. The van der Waals surface area contributed by atoms with Gasteiger partial charge in [0.2, 0.25) is 0 Å². The molecule has 1 aromatic rings. The van der Waals surface area contributed by atoms with E-state index in [0.29, 0.717) is 0 Å². The maximum atomic E-state index is 12.1. The van der Waals surface area contributed by atoms with Gasteiger partial charge in [-0.15, -0.1) is 0 Å². The molecule has 0 amide bonds. The normalized spacial score (nSPS) is 15.9. The summed E-state index contributed by atoms with van der Waals surface area (Å²) in [6, 6.07) is 0. The number of nitrogens with zero attached hydrogens (tertiary/aromatic N) is 2. The topological polar surface area (TPSA) is 46.0 Å². The number of aliphatic hydroxyl groups is 1. The lowest BCUT2D eigenvalue weighted by Gasteiger charge is -2.16. The van der Waals surface area contributed by atoms with Crippen molar-refractivity contribution < 1.29 is 9.50 Å². The van der Waals surface area contributed by atoms with E-state index in [9.17, 15) is 9.50 Å². The smallest absolute Gasteiger partial charge is 0.133 e. The molecule has 0 radical (unpaired) electrons. The third-order valence-electron chi connectivity index (χ3n) is 1.38. The fraction of sp³-hybridized carbons (Fsp3) is 0.429. The lowest BCUT2D eigenvalue weighted by Crippen LogP contribution is -2.25. The molecule has 0 aliphatic rings. The number of alkyl halides is 1. The van der Waals surface area contributed by atoms with Crippen LogP contribution in [-0.4, -0.2) is 21.7 Å². The van der Waals surface area contributed by atoms with Gasteiger partial charge in [-0.25, -0.2) is 4.39 Å². The largest absolute Gasteiger partial charge is 0.381 e. The highest BCUT2D eigenvalue weighted by Gasteiger charge is 2.24. The second-order valence-corrected chi connectivity index (χ2v) is 2.50. The van der Waals surface area contributed by atoms with E-state index < -0.39 is 12.3 Å². The number of rotatable bonds is 2. The van der Waals surface area contributed by atoms with Crippen molar-refractivity contribution in [2.45, 2.75) is 12.5 Å². The van der Waals surface area contributed by atoms with Crippen LogP contribution in [0.3, 0.4) is 0 Å². The molecule has 0 fully saturated rings. The van der Waals surface area contributed by atoms with E-state index in [1.54, 1.807) is 0 Å². The van der Waals surface area contributed by atoms with E-state index in [1.165, 1.54) is 25.5 Å². The molecular formula is C7H9FN2O. The average Bonchev–Trinajstić information content (AvgIpc) is 2.06. The Morgan fingerprint density at radius 3 is 2.82 bits per heavy atom. The molecule has 1 rings (SSSR count). The van der Waals surface area contributed by atoms with E-state index in [-0.39, 0.29) is 5.69 Å². The van der Waals surface area contributed by atoms with Gasteiger partial charge in [0.05, 0.1) is 11.9 Å². The summed E-state index contributed by atoms with van der Waals surface area (Å²) >= 11 is 0. The highest BCUT2D eigenvalue weighted by Crippen LogP contribution is 2.16. The summed E-state index contributed by atoms with van der Waals surface area (Å²) < 4.78 is 12.1. The molecule has 0 saturated carbocycles. The SMILES string of the molecule is CC(O)(CF)c1cnccn1. The van der Waals surface area contributed by atoms with Crippen LogP contribution >= 0.6 is 0 Å². The van der Waals surface area contributed by atoms with E-state index in [0.717, 1.165) is 0 Å². The second-order valence-electron chi connectivity index (χ2n) is 2.50. The molecule has 11 heavy (non-hydrogen) atoms. The first-order valence-corrected chi connectivity index (χ1v) is 3.21.